The van der Waals surface area contributed by atoms with Crippen LogP contribution in [0, 0.1) is 0 Å². The first-order valence-electron chi connectivity index (χ1n) is 9.65. The molecule has 1 atom stereocenters. The summed E-state index contributed by atoms with van der Waals surface area (Å²) in [5.74, 6) is 1.35. The van der Waals surface area contributed by atoms with Crippen LogP contribution in [0.4, 0.5) is 13.2 Å². The smallest absolute Gasteiger partial charge is 0.422 e. The number of aliphatic imine (C=N–C) groups is 1. The summed E-state index contributed by atoms with van der Waals surface area (Å²) in [4.78, 5) is 6.83. The number of aryl methyl sites for hydroxylation is 1. The average Bonchev–Trinajstić information content (AvgIpc) is 3.32. The predicted molar refractivity (Wildman–Crippen MR) is 120 cm³/mol. The van der Waals surface area contributed by atoms with Crippen LogP contribution in [-0.4, -0.2) is 53.1 Å². The van der Waals surface area contributed by atoms with Crippen LogP contribution in [0.25, 0.3) is 0 Å². The molecular weight excluding hydrogens is 510 g/mol. The van der Waals surface area contributed by atoms with Gasteiger partial charge in [0.25, 0.3) is 0 Å². The van der Waals surface area contributed by atoms with Crippen LogP contribution in [0.2, 0.25) is 0 Å². The van der Waals surface area contributed by atoms with Crippen LogP contribution < -0.4 is 10.1 Å². The molecule has 2 aromatic rings. The molecule has 1 aromatic carbocycles. The fourth-order valence-corrected chi connectivity index (χ4v) is 3.40. The van der Waals surface area contributed by atoms with Crippen molar-refractivity contribution in [3.8, 4) is 5.75 Å². The Morgan fingerprint density at radius 2 is 2.10 bits per heavy atom. The van der Waals surface area contributed by atoms with Crippen molar-refractivity contribution < 1.29 is 17.9 Å². The first kappa shape index (κ1) is 24.3. The summed E-state index contributed by atoms with van der Waals surface area (Å²) in [6, 6.07) is 6.70. The van der Waals surface area contributed by atoms with E-state index in [9.17, 15) is 13.2 Å². The van der Waals surface area contributed by atoms with Crippen LogP contribution >= 0.6 is 24.0 Å². The minimum Gasteiger partial charge on any atom is -0.484 e. The first-order valence-corrected chi connectivity index (χ1v) is 9.65. The molecule has 1 aromatic heterocycles. The summed E-state index contributed by atoms with van der Waals surface area (Å²) in [7, 11) is 1.90. The Morgan fingerprint density at radius 3 is 2.77 bits per heavy atom. The number of nitrogens with one attached hydrogen (secondary N) is 1. The van der Waals surface area contributed by atoms with Crippen LogP contribution in [0.15, 0.2) is 41.7 Å². The predicted octanol–water partition coefficient (Wildman–Crippen LogP) is 3.93. The van der Waals surface area contributed by atoms with Gasteiger partial charge in [0.05, 0.1) is 12.7 Å². The lowest BCUT2D eigenvalue weighted by atomic mass is 10.0. The van der Waals surface area contributed by atoms with E-state index < -0.39 is 12.8 Å². The molecule has 0 spiro atoms. The SMILES string of the molecule is CCNC(=NCc1ccccc1OCC(F)(F)F)N1CCC(c2cnn(C)c2)C1.I. The highest BCUT2D eigenvalue weighted by atomic mass is 127. The highest BCUT2D eigenvalue weighted by Gasteiger charge is 2.29. The maximum Gasteiger partial charge on any atom is 0.422 e. The molecule has 2 heterocycles. The van der Waals surface area contributed by atoms with Gasteiger partial charge in [-0.05, 0) is 25.0 Å². The van der Waals surface area contributed by atoms with E-state index in [0.717, 1.165) is 25.5 Å². The van der Waals surface area contributed by atoms with E-state index in [-0.39, 0.29) is 36.3 Å². The second kappa shape index (κ2) is 10.9. The van der Waals surface area contributed by atoms with Gasteiger partial charge in [-0.2, -0.15) is 18.3 Å². The maximum absolute atomic E-state index is 12.5. The van der Waals surface area contributed by atoms with E-state index in [1.165, 1.54) is 11.6 Å². The molecule has 0 saturated carbocycles. The normalized spacial score (nSPS) is 17.0. The van der Waals surface area contributed by atoms with Crippen molar-refractivity contribution >= 4 is 29.9 Å². The van der Waals surface area contributed by atoms with Crippen molar-refractivity contribution in [2.75, 3.05) is 26.2 Å². The monoisotopic (exact) mass is 537 g/mol. The number of rotatable bonds is 6. The van der Waals surface area contributed by atoms with E-state index >= 15 is 0 Å². The van der Waals surface area contributed by atoms with Crippen LogP contribution in [0.1, 0.15) is 30.4 Å². The summed E-state index contributed by atoms with van der Waals surface area (Å²) < 4.78 is 44.2. The second-order valence-corrected chi connectivity index (χ2v) is 7.06. The Hall–Kier alpha value is -1.98. The lowest BCUT2D eigenvalue weighted by Gasteiger charge is -2.22. The number of nitrogens with zero attached hydrogens (tertiary/aromatic N) is 4. The van der Waals surface area contributed by atoms with Crippen molar-refractivity contribution in [3.05, 3.63) is 47.8 Å². The third-order valence-electron chi connectivity index (χ3n) is 4.78. The number of hydrogen-bond acceptors (Lipinski definition) is 3. The molecule has 1 N–H and O–H groups in total. The van der Waals surface area contributed by atoms with Gasteiger partial charge in [0.1, 0.15) is 5.75 Å². The minimum absolute atomic E-state index is 0. The molecule has 0 amide bonds. The minimum atomic E-state index is -4.37. The number of alkyl halides is 3. The van der Waals surface area contributed by atoms with Crippen LogP contribution in [0.5, 0.6) is 5.75 Å². The summed E-state index contributed by atoms with van der Waals surface area (Å²) in [5.41, 5.74) is 1.83. The Balaban J connectivity index is 0.00000320. The number of aromatic nitrogens is 2. The number of likely N-dealkylation sites (tertiary alicyclic amines) is 1. The number of halogens is 4. The average molecular weight is 537 g/mol. The van der Waals surface area contributed by atoms with Crippen molar-refractivity contribution in [2.24, 2.45) is 12.0 Å². The van der Waals surface area contributed by atoms with E-state index in [0.29, 0.717) is 18.0 Å². The zero-order chi connectivity index (χ0) is 20.9. The summed E-state index contributed by atoms with van der Waals surface area (Å²) in [6.45, 7) is 3.31. The summed E-state index contributed by atoms with van der Waals surface area (Å²) in [5, 5.41) is 7.53. The lowest BCUT2D eigenvalue weighted by molar-refractivity contribution is -0.153. The zero-order valence-corrected chi connectivity index (χ0v) is 19.4. The third kappa shape index (κ3) is 6.78. The molecule has 1 saturated heterocycles. The Morgan fingerprint density at radius 1 is 1.33 bits per heavy atom. The van der Waals surface area contributed by atoms with Gasteiger partial charge >= 0.3 is 6.18 Å². The van der Waals surface area contributed by atoms with Gasteiger partial charge in [0, 0.05) is 44.4 Å². The van der Waals surface area contributed by atoms with Crippen molar-refractivity contribution in [1.29, 1.82) is 0 Å². The number of para-hydroxylation sites is 1. The Kier molecular flexibility index (Phi) is 8.80. The number of ether oxygens (including phenoxy) is 1. The van der Waals surface area contributed by atoms with E-state index in [1.54, 1.807) is 22.9 Å². The largest absolute Gasteiger partial charge is 0.484 e. The summed E-state index contributed by atoms with van der Waals surface area (Å²) in [6.07, 6.45) is 0.558. The van der Waals surface area contributed by atoms with Crippen LogP contribution in [-0.2, 0) is 13.6 Å². The number of guanidine groups is 1. The van der Waals surface area contributed by atoms with Crippen molar-refractivity contribution in [1.82, 2.24) is 20.0 Å². The molecule has 1 aliphatic rings. The van der Waals surface area contributed by atoms with Gasteiger partial charge in [-0.1, -0.05) is 18.2 Å². The molecule has 166 valence electrons. The molecule has 0 bridgehead atoms. The third-order valence-corrected chi connectivity index (χ3v) is 4.78. The first-order chi connectivity index (χ1) is 13.9. The van der Waals surface area contributed by atoms with Crippen molar-refractivity contribution in [3.63, 3.8) is 0 Å². The van der Waals surface area contributed by atoms with Gasteiger partial charge in [-0.25, -0.2) is 4.99 Å². The fourth-order valence-electron chi connectivity index (χ4n) is 3.40. The molecule has 1 aliphatic heterocycles. The van der Waals surface area contributed by atoms with Crippen LogP contribution in [0.3, 0.4) is 0 Å². The van der Waals surface area contributed by atoms with Gasteiger partial charge in [-0.3, -0.25) is 4.68 Å². The number of benzene rings is 1. The van der Waals surface area contributed by atoms with Gasteiger partial charge in [0.2, 0.25) is 0 Å². The maximum atomic E-state index is 12.5. The second-order valence-electron chi connectivity index (χ2n) is 7.06. The summed E-state index contributed by atoms with van der Waals surface area (Å²) >= 11 is 0. The quantitative estimate of drug-likeness (QED) is 0.345. The molecule has 0 radical (unpaired) electrons. The lowest BCUT2D eigenvalue weighted by Crippen LogP contribution is -2.40. The number of hydrogen-bond donors (Lipinski definition) is 1. The Labute approximate surface area is 191 Å². The van der Waals surface area contributed by atoms with Gasteiger partial charge < -0.3 is 15.0 Å². The standard InChI is InChI=1S/C20H26F3N5O.HI/c1-3-24-19(28-9-8-16(13-28)17-11-26-27(2)12-17)25-10-15-6-4-5-7-18(15)29-14-20(21,22)23;/h4-7,11-12,16H,3,8-10,13-14H2,1-2H3,(H,24,25);1H. The van der Waals surface area contributed by atoms with Gasteiger partial charge in [0.15, 0.2) is 12.6 Å². The Bertz CT molecular complexity index is 840. The molecule has 30 heavy (non-hydrogen) atoms. The van der Waals surface area contributed by atoms with E-state index in [2.05, 4.69) is 20.3 Å². The molecule has 10 heteroatoms. The molecule has 1 fully saturated rings. The molecule has 1 unspecified atom stereocenters. The topological polar surface area (TPSA) is 54.7 Å². The zero-order valence-electron chi connectivity index (χ0n) is 17.0. The highest BCUT2D eigenvalue weighted by molar-refractivity contribution is 14.0. The van der Waals surface area contributed by atoms with Gasteiger partial charge in [-0.15, -0.1) is 24.0 Å². The fraction of sp³-hybridized carbons (Fsp3) is 0.500. The molecule has 0 aliphatic carbocycles. The van der Waals surface area contributed by atoms with E-state index in [1.807, 2.05) is 26.4 Å². The highest BCUT2D eigenvalue weighted by Crippen LogP contribution is 2.27. The molecular formula is C20H27F3IN5O. The molecule has 6 nitrogen and oxygen atoms in total. The molecule has 3 rings (SSSR count). The van der Waals surface area contributed by atoms with Crippen molar-refractivity contribution in [2.45, 2.75) is 32.0 Å². The van der Waals surface area contributed by atoms with E-state index in [4.69, 9.17) is 4.74 Å².